The van der Waals surface area contributed by atoms with Crippen LogP contribution >= 0.6 is 11.3 Å². The van der Waals surface area contributed by atoms with Gasteiger partial charge in [0.05, 0.1) is 11.9 Å². The number of rotatable bonds is 9. The molecule has 0 aliphatic carbocycles. The number of aliphatic hydroxyl groups is 1. The number of hydrogen-bond donors (Lipinski definition) is 3. The number of anilines is 1. The maximum atomic E-state index is 12.5. The van der Waals surface area contributed by atoms with E-state index in [4.69, 9.17) is 4.98 Å². The van der Waals surface area contributed by atoms with Crippen molar-refractivity contribution in [2.75, 3.05) is 38.3 Å². The first-order chi connectivity index (χ1) is 16.2. The lowest BCUT2D eigenvalue weighted by Crippen LogP contribution is -2.36. The van der Waals surface area contributed by atoms with Crippen LogP contribution in [0.5, 0.6) is 0 Å². The molecule has 4 rings (SSSR count). The van der Waals surface area contributed by atoms with Crippen LogP contribution in [0.3, 0.4) is 0 Å². The van der Waals surface area contributed by atoms with Gasteiger partial charge in [0.25, 0.3) is 5.91 Å². The van der Waals surface area contributed by atoms with Crippen molar-refractivity contribution >= 4 is 33.2 Å². The fourth-order valence-corrected chi connectivity index (χ4v) is 5.01. The predicted molar refractivity (Wildman–Crippen MR) is 131 cm³/mol. The number of hydrogen-bond acceptors (Lipinski definition) is 9. The summed E-state index contributed by atoms with van der Waals surface area (Å²) in [4.78, 5) is 27.4. The monoisotopic (exact) mass is 502 g/mol. The molecule has 0 spiro atoms. The Morgan fingerprint density at radius 3 is 2.76 bits per heavy atom. The summed E-state index contributed by atoms with van der Waals surface area (Å²) in [6, 6.07) is 9.07. The molecule has 0 unspecified atom stereocenters. The van der Waals surface area contributed by atoms with Crippen LogP contribution in [-0.2, 0) is 20.4 Å². The van der Waals surface area contributed by atoms with E-state index in [1.807, 2.05) is 23.6 Å². The Labute approximate surface area is 202 Å². The van der Waals surface area contributed by atoms with Gasteiger partial charge in [0.15, 0.2) is 5.60 Å². The normalized spacial score (nSPS) is 18.4. The van der Waals surface area contributed by atoms with Crippen molar-refractivity contribution in [1.82, 2.24) is 24.6 Å². The highest BCUT2D eigenvalue weighted by atomic mass is 32.2. The van der Waals surface area contributed by atoms with Crippen LogP contribution in [-0.4, -0.2) is 72.2 Å². The van der Waals surface area contributed by atoms with Crippen LogP contribution in [0.15, 0.2) is 41.9 Å². The number of nitrogens with zero attached hydrogens (tertiary/aromatic N) is 4. The van der Waals surface area contributed by atoms with Crippen molar-refractivity contribution < 1.29 is 18.3 Å². The number of carbonyl (C=O) groups is 1. The van der Waals surface area contributed by atoms with Gasteiger partial charge >= 0.3 is 0 Å². The third-order valence-electron chi connectivity index (χ3n) is 5.52. The summed E-state index contributed by atoms with van der Waals surface area (Å²) in [5.74, 6) is 0.136. The molecule has 3 heterocycles. The molecule has 2 aromatic heterocycles. The van der Waals surface area contributed by atoms with Crippen LogP contribution in [0.2, 0.25) is 0 Å². The second kappa shape index (κ2) is 9.74. The van der Waals surface area contributed by atoms with Gasteiger partial charge < -0.3 is 15.3 Å². The van der Waals surface area contributed by atoms with Crippen LogP contribution in [0, 0.1) is 0 Å². The number of benzene rings is 1. The summed E-state index contributed by atoms with van der Waals surface area (Å²) >= 11 is 1.45. The molecule has 0 saturated carbocycles. The highest BCUT2D eigenvalue weighted by molar-refractivity contribution is 7.88. The topological polar surface area (TPSA) is 137 Å². The molecule has 10 nitrogen and oxygen atoms in total. The average molecular weight is 503 g/mol. The van der Waals surface area contributed by atoms with Gasteiger partial charge in [-0.3, -0.25) is 4.79 Å². The fourth-order valence-electron chi connectivity index (χ4n) is 3.69. The van der Waals surface area contributed by atoms with E-state index < -0.39 is 15.6 Å². The summed E-state index contributed by atoms with van der Waals surface area (Å²) in [5, 5.41) is 16.7. The number of likely N-dealkylation sites (N-methyl/N-ethyl adjacent to an activating group) is 1. The molecule has 3 aromatic rings. The quantitative estimate of drug-likeness (QED) is 0.376. The van der Waals surface area contributed by atoms with Gasteiger partial charge in [0.1, 0.15) is 10.7 Å². The molecule has 0 radical (unpaired) electrons. The molecular formula is C22H26N6O4S2. The molecular weight excluding hydrogens is 476 g/mol. The number of carbonyl (C=O) groups excluding carboxylic acids is 1. The first kappa shape index (κ1) is 24.2. The molecule has 1 atom stereocenters. The Balaban J connectivity index is 1.46. The summed E-state index contributed by atoms with van der Waals surface area (Å²) in [7, 11) is -1.51. The molecule has 0 bridgehead atoms. The lowest BCUT2D eigenvalue weighted by atomic mass is 9.91. The predicted octanol–water partition coefficient (Wildman–Crippen LogP) is 1.67. The molecule has 1 amide bonds. The number of sulfonamides is 1. The molecule has 1 aliphatic heterocycles. The van der Waals surface area contributed by atoms with Gasteiger partial charge in [-0.25, -0.2) is 28.1 Å². The summed E-state index contributed by atoms with van der Waals surface area (Å²) in [6.45, 7) is 1.36. The maximum Gasteiger partial charge on any atom is 0.258 e. The van der Waals surface area contributed by atoms with E-state index in [0.29, 0.717) is 55.4 Å². The maximum absolute atomic E-state index is 12.5. The van der Waals surface area contributed by atoms with E-state index >= 15 is 0 Å². The van der Waals surface area contributed by atoms with Gasteiger partial charge in [-0.15, -0.1) is 11.3 Å². The van der Waals surface area contributed by atoms with Crippen molar-refractivity contribution in [3.05, 3.63) is 47.5 Å². The molecule has 1 fully saturated rings. The summed E-state index contributed by atoms with van der Waals surface area (Å²) in [5.41, 5.74) is 1.21. The molecule has 1 saturated heterocycles. The van der Waals surface area contributed by atoms with Crippen LogP contribution < -0.4 is 10.0 Å². The van der Waals surface area contributed by atoms with Crippen molar-refractivity contribution in [2.45, 2.75) is 18.4 Å². The third kappa shape index (κ3) is 5.41. The van der Waals surface area contributed by atoms with Gasteiger partial charge in [-0.1, -0.05) is 18.2 Å². The first-order valence-electron chi connectivity index (χ1n) is 10.7. The number of likely N-dealkylation sites (tertiary alicyclic amines) is 1. The zero-order valence-electron chi connectivity index (χ0n) is 18.9. The second-order valence-electron chi connectivity index (χ2n) is 8.17. The lowest BCUT2D eigenvalue weighted by Gasteiger charge is -2.21. The smallest absolute Gasteiger partial charge is 0.258 e. The van der Waals surface area contributed by atoms with Crippen molar-refractivity contribution in [1.29, 1.82) is 0 Å². The van der Waals surface area contributed by atoms with E-state index in [9.17, 15) is 18.3 Å². The zero-order chi connectivity index (χ0) is 24.3. The fraction of sp³-hybridized carbons (Fsp3) is 0.364. The summed E-state index contributed by atoms with van der Waals surface area (Å²) < 4.78 is 24.7. The zero-order valence-corrected chi connectivity index (χ0v) is 20.5. The van der Waals surface area contributed by atoms with Gasteiger partial charge in [0.2, 0.25) is 16.0 Å². The number of aromatic nitrogens is 3. The molecule has 34 heavy (non-hydrogen) atoms. The molecule has 1 aromatic carbocycles. The Morgan fingerprint density at radius 1 is 1.21 bits per heavy atom. The Morgan fingerprint density at radius 2 is 2.03 bits per heavy atom. The van der Waals surface area contributed by atoms with E-state index in [0.717, 1.165) is 16.8 Å². The minimum atomic E-state index is -3.20. The molecule has 12 heteroatoms. The van der Waals surface area contributed by atoms with Gasteiger partial charge in [-0.2, -0.15) is 0 Å². The number of amides is 1. The van der Waals surface area contributed by atoms with Crippen molar-refractivity contribution in [2.24, 2.45) is 0 Å². The second-order valence-corrected chi connectivity index (χ2v) is 10.9. The van der Waals surface area contributed by atoms with Crippen LogP contribution in [0.25, 0.3) is 22.0 Å². The van der Waals surface area contributed by atoms with E-state index in [-0.39, 0.29) is 5.91 Å². The first-order valence-corrected chi connectivity index (χ1v) is 13.5. The standard InChI is InChI=1S/C22H26N6O4S2/c1-28-12-8-22(30,20(28)29)16-6-3-5-15(13-16)19-26-18(14-33-19)17-7-11-24-21(27-17)23-9-4-10-25-34(2,31)32/h3,5-7,11,13-14,25,30H,4,8-10,12H2,1-2H3,(H,23,24,27)/t22-/m1/s1. The van der Waals surface area contributed by atoms with E-state index in [1.54, 1.807) is 25.4 Å². The summed E-state index contributed by atoms with van der Waals surface area (Å²) in [6.07, 6.45) is 3.70. The Bertz CT molecular complexity index is 1300. The van der Waals surface area contributed by atoms with E-state index in [1.165, 1.54) is 16.2 Å². The van der Waals surface area contributed by atoms with Gasteiger partial charge in [-0.05, 0) is 24.1 Å². The molecule has 1 aliphatic rings. The SMILES string of the molecule is CN1CC[C@@](O)(c2cccc(-c3nc(-c4ccnc(NCCCNS(C)(=O)=O)n4)cs3)c2)C1=O. The average Bonchev–Trinajstić information content (AvgIpc) is 3.41. The van der Waals surface area contributed by atoms with Crippen LogP contribution in [0.1, 0.15) is 18.4 Å². The molecule has 3 N–H and O–H groups in total. The van der Waals surface area contributed by atoms with Crippen LogP contribution in [0.4, 0.5) is 5.95 Å². The number of thiazole rings is 1. The van der Waals surface area contributed by atoms with Crippen molar-refractivity contribution in [3.8, 4) is 22.0 Å². The van der Waals surface area contributed by atoms with Crippen molar-refractivity contribution in [3.63, 3.8) is 0 Å². The lowest BCUT2D eigenvalue weighted by molar-refractivity contribution is -0.143. The highest BCUT2D eigenvalue weighted by Crippen LogP contribution is 2.36. The Hall–Kier alpha value is -2.93. The minimum absolute atomic E-state index is 0.294. The molecule has 180 valence electrons. The largest absolute Gasteiger partial charge is 0.375 e. The highest BCUT2D eigenvalue weighted by Gasteiger charge is 2.45. The van der Waals surface area contributed by atoms with E-state index in [2.05, 4.69) is 20.0 Å². The third-order valence-corrected chi connectivity index (χ3v) is 7.14. The minimum Gasteiger partial charge on any atom is -0.375 e. The number of nitrogens with one attached hydrogen (secondary N) is 2. The van der Waals surface area contributed by atoms with Gasteiger partial charge in [0, 0.05) is 50.2 Å². The Kier molecular flexibility index (Phi) is 6.94.